The molecular formula is C7H6ClNaO4S. The van der Waals surface area contributed by atoms with Crippen LogP contribution in [0.1, 0.15) is 10.4 Å². The van der Waals surface area contributed by atoms with Gasteiger partial charge in [0, 0.05) is 5.56 Å². The van der Waals surface area contributed by atoms with Crippen molar-refractivity contribution in [2.24, 2.45) is 0 Å². The molecule has 0 aliphatic carbocycles. The Morgan fingerprint density at radius 3 is 2.36 bits per heavy atom. The van der Waals surface area contributed by atoms with Crippen molar-refractivity contribution >= 4 is 57.6 Å². The van der Waals surface area contributed by atoms with Crippen LogP contribution in [0.15, 0.2) is 23.1 Å². The number of hydrogen-bond acceptors (Lipinski definition) is 3. The molecule has 14 heavy (non-hydrogen) atoms. The minimum absolute atomic E-state index is 0. The minimum atomic E-state index is -4.36. The summed E-state index contributed by atoms with van der Waals surface area (Å²) >= 11 is 5.48. The van der Waals surface area contributed by atoms with E-state index >= 15 is 0 Å². The number of halogens is 1. The van der Waals surface area contributed by atoms with Crippen molar-refractivity contribution in [2.45, 2.75) is 4.90 Å². The van der Waals surface area contributed by atoms with Gasteiger partial charge in [-0.15, -0.1) is 0 Å². The first kappa shape index (κ1) is 14.1. The average Bonchev–Trinajstić information content (AvgIpc) is 2.03. The molecule has 1 rings (SSSR count). The third kappa shape index (κ3) is 3.34. The summed E-state index contributed by atoms with van der Waals surface area (Å²) in [5, 5.41) is -0.117. The SMILES string of the molecule is O=Cc1ccc(Cl)c(S(=O)(=O)O)c1.[NaH]. The number of carbonyl (C=O) groups excluding carboxylic acids is 1. The maximum absolute atomic E-state index is 10.7. The summed E-state index contributed by atoms with van der Waals surface area (Å²) in [6.07, 6.45) is 0.463. The van der Waals surface area contributed by atoms with Gasteiger partial charge in [0.05, 0.1) is 5.02 Å². The Morgan fingerprint density at radius 1 is 1.36 bits per heavy atom. The van der Waals surface area contributed by atoms with Crippen LogP contribution < -0.4 is 0 Å². The summed E-state index contributed by atoms with van der Waals surface area (Å²) < 4.78 is 30.0. The van der Waals surface area contributed by atoms with Crippen LogP contribution in [-0.4, -0.2) is 48.8 Å². The van der Waals surface area contributed by atoms with Gasteiger partial charge in [-0.3, -0.25) is 9.35 Å². The van der Waals surface area contributed by atoms with E-state index in [4.69, 9.17) is 16.2 Å². The summed E-state index contributed by atoms with van der Waals surface area (Å²) in [6.45, 7) is 0. The second kappa shape index (κ2) is 5.25. The van der Waals surface area contributed by atoms with E-state index in [2.05, 4.69) is 0 Å². The molecule has 0 unspecified atom stereocenters. The fourth-order valence-electron chi connectivity index (χ4n) is 0.791. The van der Waals surface area contributed by atoms with Crippen molar-refractivity contribution in [1.29, 1.82) is 0 Å². The quantitative estimate of drug-likeness (QED) is 0.473. The fraction of sp³-hybridized carbons (Fsp3) is 0. The molecule has 72 valence electrons. The molecule has 1 aromatic rings. The Labute approximate surface area is 108 Å². The molecule has 0 saturated heterocycles. The van der Waals surface area contributed by atoms with Crippen LogP contribution in [0.3, 0.4) is 0 Å². The predicted octanol–water partition coefficient (Wildman–Crippen LogP) is 0.751. The first-order valence-electron chi connectivity index (χ1n) is 3.17. The van der Waals surface area contributed by atoms with Gasteiger partial charge in [-0.1, -0.05) is 17.7 Å². The fourth-order valence-corrected chi connectivity index (χ4v) is 1.80. The molecule has 0 heterocycles. The van der Waals surface area contributed by atoms with Gasteiger partial charge in [-0.2, -0.15) is 8.42 Å². The van der Waals surface area contributed by atoms with E-state index in [1.165, 1.54) is 12.1 Å². The molecule has 0 atom stereocenters. The van der Waals surface area contributed by atoms with Crippen LogP contribution in [0.2, 0.25) is 5.02 Å². The van der Waals surface area contributed by atoms with E-state index in [9.17, 15) is 13.2 Å². The van der Waals surface area contributed by atoms with Crippen LogP contribution in [0.4, 0.5) is 0 Å². The van der Waals surface area contributed by atoms with Crippen molar-refractivity contribution < 1.29 is 17.8 Å². The maximum atomic E-state index is 10.7. The summed E-state index contributed by atoms with van der Waals surface area (Å²) in [6, 6.07) is 3.59. The molecule has 0 aromatic heterocycles. The Balaban J connectivity index is 0.00000169. The van der Waals surface area contributed by atoms with Gasteiger partial charge >= 0.3 is 29.6 Å². The number of aldehydes is 1. The van der Waals surface area contributed by atoms with Crippen molar-refractivity contribution in [3.05, 3.63) is 28.8 Å². The number of rotatable bonds is 2. The second-order valence-electron chi connectivity index (χ2n) is 2.28. The van der Waals surface area contributed by atoms with Crippen LogP contribution in [0, 0.1) is 0 Å². The van der Waals surface area contributed by atoms with E-state index in [1.807, 2.05) is 0 Å². The second-order valence-corrected chi connectivity index (χ2v) is 4.08. The molecule has 7 heteroatoms. The number of carbonyl (C=O) groups is 1. The van der Waals surface area contributed by atoms with Gasteiger partial charge in [0.1, 0.15) is 11.2 Å². The number of hydrogen-bond donors (Lipinski definition) is 1. The first-order valence-corrected chi connectivity index (χ1v) is 4.99. The van der Waals surface area contributed by atoms with E-state index in [0.29, 0.717) is 6.29 Å². The molecule has 0 spiro atoms. The molecule has 0 amide bonds. The zero-order valence-electron chi connectivity index (χ0n) is 6.27. The third-order valence-corrected chi connectivity index (χ3v) is 2.70. The van der Waals surface area contributed by atoms with Gasteiger partial charge in [-0.25, -0.2) is 0 Å². The van der Waals surface area contributed by atoms with E-state index in [1.54, 1.807) is 0 Å². The molecule has 0 aliphatic rings. The molecule has 4 nitrogen and oxygen atoms in total. The third-order valence-electron chi connectivity index (χ3n) is 1.37. The van der Waals surface area contributed by atoms with Crippen LogP contribution in [0.5, 0.6) is 0 Å². The molecule has 0 aliphatic heterocycles. The molecule has 1 N–H and O–H groups in total. The van der Waals surface area contributed by atoms with Gasteiger partial charge in [0.2, 0.25) is 0 Å². The average molecular weight is 245 g/mol. The topological polar surface area (TPSA) is 71.4 Å². The van der Waals surface area contributed by atoms with Gasteiger partial charge in [0.15, 0.2) is 0 Å². The monoisotopic (exact) mass is 244 g/mol. The van der Waals surface area contributed by atoms with Crippen molar-refractivity contribution in [2.75, 3.05) is 0 Å². The summed E-state index contributed by atoms with van der Waals surface area (Å²) in [5.74, 6) is 0. The molecular weight excluding hydrogens is 239 g/mol. The first-order chi connectivity index (χ1) is 5.95. The van der Waals surface area contributed by atoms with Crippen molar-refractivity contribution in [3.63, 3.8) is 0 Å². The van der Waals surface area contributed by atoms with Crippen molar-refractivity contribution in [1.82, 2.24) is 0 Å². The van der Waals surface area contributed by atoms with Gasteiger partial charge in [0.25, 0.3) is 10.1 Å². The molecule has 0 saturated carbocycles. The van der Waals surface area contributed by atoms with Crippen molar-refractivity contribution in [3.8, 4) is 0 Å². The normalized spacial score (nSPS) is 10.4. The molecule has 1 aromatic carbocycles. The summed E-state index contributed by atoms with van der Waals surface area (Å²) in [7, 11) is -4.36. The Morgan fingerprint density at radius 2 is 1.93 bits per heavy atom. The van der Waals surface area contributed by atoms with E-state index < -0.39 is 15.0 Å². The zero-order chi connectivity index (χ0) is 10.1. The van der Waals surface area contributed by atoms with E-state index in [-0.39, 0.29) is 40.1 Å². The standard InChI is InChI=1S/C7H5ClO4S.Na.H/c8-6-2-1-5(4-9)3-7(6)13(10,11)12;;/h1-4H,(H,10,11,12);;. The Hall–Kier alpha value is 0.0900. The predicted molar refractivity (Wildman–Crippen MR) is 53.8 cm³/mol. The van der Waals surface area contributed by atoms with Gasteiger partial charge in [-0.05, 0) is 12.1 Å². The Bertz CT molecular complexity index is 443. The van der Waals surface area contributed by atoms with Crippen LogP contribution in [0.25, 0.3) is 0 Å². The summed E-state index contributed by atoms with van der Waals surface area (Å²) in [5.41, 5.74) is 0.136. The molecule has 0 bridgehead atoms. The zero-order valence-corrected chi connectivity index (χ0v) is 7.84. The van der Waals surface area contributed by atoms with E-state index in [0.717, 1.165) is 6.07 Å². The molecule has 0 fully saturated rings. The number of benzene rings is 1. The molecule has 0 radical (unpaired) electrons. The van der Waals surface area contributed by atoms with Crippen LogP contribution in [-0.2, 0) is 10.1 Å². The Kier molecular flexibility index (Phi) is 5.28. The summed E-state index contributed by atoms with van der Waals surface area (Å²) in [4.78, 5) is 9.82. The van der Waals surface area contributed by atoms with Crippen LogP contribution >= 0.6 is 11.6 Å². The van der Waals surface area contributed by atoms with Gasteiger partial charge < -0.3 is 0 Å².